The standard InChI is InChI=1S/C29H22N4O15/c34-16-4-11-3-13(28(44)48-19(11)5-17(16)35)14-10-46-20-6-18(36)26(41)24(23(20)25(14)40)29(45)47-9-12-7-33(32-31-12)8-21(37)30-15(27(42)43)1-2-22(38)39/h3-7,10,15,34-36,41H,1-2,8-9H2,(H,30,37)(H,38,39)(H,42,43)/t15-/m0/s1. The van der Waals surface area contributed by atoms with Crippen LogP contribution in [0.15, 0.2) is 55.1 Å². The summed E-state index contributed by atoms with van der Waals surface area (Å²) in [5.41, 5.74) is -4.24. The quantitative estimate of drug-likeness (QED) is 0.0581. The predicted octanol–water partition coefficient (Wildman–Crippen LogP) is 0.771. The van der Waals surface area contributed by atoms with Gasteiger partial charge in [0.15, 0.2) is 23.0 Å². The van der Waals surface area contributed by atoms with Gasteiger partial charge >= 0.3 is 23.5 Å². The highest BCUT2D eigenvalue weighted by Gasteiger charge is 2.27. The van der Waals surface area contributed by atoms with Gasteiger partial charge in [0.1, 0.15) is 47.9 Å². The minimum atomic E-state index is -1.47. The Hall–Kier alpha value is -6.92. The van der Waals surface area contributed by atoms with E-state index in [2.05, 4.69) is 15.6 Å². The number of aliphatic carboxylic acids is 2. The molecule has 3 heterocycles. The number of aromatic nitrogens is 3. The zero-order valence-electron chi connectivity index (χ0n) is 24.1. The summed E-state index contributed by atoms with van der Waals surface area (Å²) in [6, 6.07) is 2.60. The Balaban J connectivity index is 1.39. The van der Waals surface area contributed by atoms with Crippen molar-refractivity contribution in [3.63, 3.8) is 0 Å². The molecule has 0 saturated carbocycles. The fourth-order valence-corrected chi connectivity index (χ4v) is 4.59. The van der Waals surface area contributed by atoms with Crippen molar-refractivity contribution in [2.45, 2.75) is 32.0 Å². The summed E-state index contributed by atoms with van der Waals surface area (Å²) in [7, 11) is 0. The second-order valence-electron chi connectivity index (χ2n) is 10.2. The molecule has 48 heavy (non-hydrogen) atoms. The summed E-state index contributed by atoms with van der Waals surface area (Å²) in [5.74, 6) is -7.89. The Morgan fingerprint density at radius 3 is 2.35 bits per heavy atom. The van der Waals surface area contributed by atoms with Crippen molar-refractivity contribution in [1.29, 1.82) is 0 Å². The first-order chi connectivity index (χ1) is 22.7. The van der Waals surface area contributed by atoms with E-state index < -0.39 is 100.0 Å². The van der Waals surface area contributed by atoms with E-state index in [4.69, 9.17) is 18.7 Å². The van der Waals surface area contributed by atoms with Crippen molar-refractivity contribution >= 4 is 45.8 Å². The first kappa shape index (κ1) is 32.5. The van der Waals surface area contributed by atoms with Crippen molar-refractivity contribution in [1.82, 2.24) is 20.3 Å². The van der Waals surface area contributed by atoms with Crippen LogP contribution in [-0.2, 0) is 32.3 Å². The van der Waals surface area contributed by atoms with Gasteiger partial charge in [0.05, 0.1) is 22.7 Å². The van der Waals surface area contributed by atoms with Crippen LogP contribution >= 0.6 is 0 Å². The van der Waals surface area contributed by atoms with Gasteiger partial charge in [0, 0.05) is 23.9 Å². The van der Waals surface area contributed by atoms with Crippen LogP contribution in [-0.4, -0.2) is 75.5 Å². The molecule has 0 spiro atoms. The van der Waals surface area contributed by atoms with E-state index in [0.29, 0.717) is 0 Å². The number of nitrogens with one attached hydrogen (secondary N) is 1. The maximum atomic E-state index is 13.6. The number of phenolic OH excluding ortho intramolecular Hbond substituents is 4. The van der Waals surface area contributed by atoms with E-state index >= 15 is 0 Å². The van der Waals surface area contributed by atoms with Crippen molar-refractivity contribution in [2.24, 2.45) is 0 Å². The molecule has 7 N–H and O–H groups in total. The molecule has 2 aromatic carbocycles. The number of aromatic hydroxyl groups is 4. The third-order valence-electron chi connectivity index (χ3n) is 6.87. The second kappa shape index (κ2) is 12.8. The van der Waals surface area contributed by atoms with E-state index in [1.54, 1.807) is 0 Å². The summed E-state index contributed by atoms with van der Waals surface area (Å²) in [6.07, 6.45) is 1.15. The summed E-state index contributed by atoms with van der Waals surface area (Å²) in [6.45, 7) is -1.17. The number of rotatable bonds is 11. The molecule has 0 aliphatic carbocycles. The van der Waals surface area contributed by atoms with Crippen molar-refractivity contribution in [3.05, 3.63) is 68.6 Å². The number of fused-ring (bicyclic) bond motifs is 2. The second-order valence-corrected chi connectivity index (χ2v) is 10.2. The third kappa shape index (κ3) is 6.54. The van der Waals surface area contributed by atoms with E-state index in [9.17, 15) is 54.3 Å². The van der Waals surface area contributed by atoms with Crippen LogP contribution in [0.5, 0.6) is 23.0 Å². The first-order valence-electron chi connectivity index (χ1n) is 13.5. The van der Waals surface area contributed by atoms with Gasteiger partial charge in [-0.2, -0.15) is 0 Å². The van der Waals surface area contributed by atoms with Gasteiger partial charge in [-0.1, -0.05) is 5.21 Å². The van der Waals surface area contributed by atoms with Gasteiger partial charge < -0.3 is 49.5 Å². The lowest BCUT2D eigenvalue weighted by molar-refractivity contribution is -0.143. The normalized spacial score (nSPS) is 11.8. The molecule has 0 bridgehead atoms. The molecule has 0 unspecified atom stereocenters. The molecule has 5 aromatic rings. The number of esters is 1. The number of carbonyl (C=O) groups excluding carboxylic acids is 2. The number of benzene rings is 2. The van der Waals surface area contributed by atoms with E-state index in [0.717, 1.165) is 41.4 Å². The lowest BCUT2D eigenvalue weighted by Gasteiger charge is -2.13. The lowest BCUT2D eigenvalue weighted by atomic mass is 10.0. The number of carboxylic acids is 2. The van der Waals surface area contributed by atoms with Crippen LogP contribution in [0, 0.1) is 0 Å². The number of phenols is 4. The topological polar surface area (TPSA) is 302 Å². The Bertz CT molecular complexity index is 2250. The van der Waals surface area contributed by atoms with Crippen molar-refractivity contribution in [3.8, 4) is 34.1 Å². The monoisotopic (exact) mass is 666 g/mol. The molecular formula is C29H22N4O15. The number of nitrogens with zero attached hydrogens (tertiary/aromatic N) is 3. The van der Waals surface area contributed by atoms with E-state index in [1.807, 2.05) is 0 Å². The highest BCUT2D eigenvalue weighted by Crippen LogP contribution is 2.36. The smallest absolute Gasteiger partial charge is 0.344 e. The number of hydrogen-bond donors (Lipinski definition) is 7. The van der Waals surface area contributed by atoms with Crippen LogP contribution in [0.4, 0.5) is 0 Å². The zero-order valence-corrected chi connectivity index (χ0v) is 24.1. The Morgan fingerprint density at radius 1 is 0.938 bits per heavy atom. The van der Waals surface area contributed by atoms with Crippen molar-refractivity contribution < 1.29 is 63.4 Å². The Kier molecular flexibility index (Phi) is 8.68. The maximum absolute atomic E-state index is 13.6. The molecule has 0 saturated heterocycles. The van der Waals surface area contributed by atoms with Gasteiger partial charge in [0.2, 0.25) is 11.3 Å². The SMILES string of the molecule is O=C(O)CC[C@H](NC(=O)Cn1cc(COC(=O)c2c(O)c(O)cc3occ(-c4cc5cc(O)c(O)cc5oc4=O)c(=O)c23)nn1)C(=O)O. The molecule has 5 rings (SSSR count). The van der Waals surface area contributed by atoms with Crippen LogP contribution in [0.3, 0.4) is 0 Å². The number of ether oxygens (including phenoxy) is 1. The maximum Gasteiger partial charge on any atom is 0.344 e. The fourth-order valence-electron chi connectivity index (χ4n) is 4.59. The predicted molar refractivity (Wildman–Crippen MR) is 156 cm³/mol. The van der Waals surface area contributed by atoms with Crippen LogP contribution in [0.1, 0.15) is 28.9 Å². The van der Waals surface area contributed by atoms with Crippen LogP contribution < -0.4 is 16.4 Å². The summed E-state index contributed by atoms with van der Waals surface area (Å²) >= 11 is 0. The molecule has 19 nitrogen and oxygen atoms in total. The van der Waals surface area contributed by atoms with Gasteiger partial charge in [-0.15, -0.1) is 5.10 Å². The Morgan fingerprint density at radius 2 is 1.65 bits per heavy atom. The fraction of sp³-hybridized carbons (Fsp3) is 0.172. The average Bonchev–Trinajstić information content (AvgIpc) is 3.46. The Labute approximate surface area is 264 Å². The summed E-state index contributed by atoms with van der Waals surface area (Å²) < 4.78 is 16.7. The van der Waals surface area contributed by atoms with Crippen molar-refractivity contribution in [2.75, 3.05) is 0 Å². The lowest BCUT2D eigenvalue weighted by Crippen LogP contribution is -2.42. The van der Waals surface area contributed by atoms with Crippen LogP contribution in [0.2, 0.25) is 0 Å². The summed E-state index contributed by atoms with van der Waals surface area (Å²) in [5, 5.41) is 67.3. The third-order valence-corrected chi connectivity index (χ3v) is 6.87. The first-order valence-corrected chi connectivity index (χ1v) is 13.5. The van der Waals surface area contributed by atoms with Gasteiger partial charge in [-0.25, -0.2) is 19.1 Å². The molecule has 0 aliphatic rings. The van der Waals surface area contributed by atoms with Gasteiger partial charge in [-0.3, -0.25) is 14.4 Å². The largest absolute Gasteiger partial charge is 0.504 e. The summed E-state index contributed by atoms with van der Waals surface area (Å²) in [4.78, 5) is 73.9. The van der Waals surface area contributed by atoms with E-state index in [-0.39, 0.29) is 34.2 Å². The molecule has 19 heteroatoms. The number of carbonyl (C=O) groups is 4. The minimum Gasteiger partial charge on any atom is -0.504 e. The highest BCUT2D eigenvalue weighted by atomic mass is 16.5. The molecule has 1 atom stereocenters. The average molecular weight is 667 g/mol. The molecule has 248 valence electrons. The zero-order chi connectivity index (χ0) is 34.9. The molecular weight excluding hydrogens is 644 g/mol. The molecule has 3 aromatic heterocycles. The molecule has 0 aliphatic heterocycles. The molecule has 0 fully saturated rings. The molecule has 0 radical (unpaired) electrons. The van der Waals surface area contributed by atoms with Gasteiger partial charge in [0.25, 0.3) is 0 Å². The number of carboxylic acid groups (broad SMARTS) is 2. The van der Waals surface area contributed by atoms with Crippen LogP contribution in [0.25, 0.3) is 33.1 Å². The van der Waals surface area contributed by atoms with Gasteiger partial charge in [-0.05, 0) is 18.6 Å². The minimum absolute atomic E-state index is 0.0449. The number of hydrogen-bond acceptors (Lipinski definition) is 15. The highest BCUT2D eigenvalue weighted by molar-refractivity contribution is 6.07. The molecule has 1 amide bonds. The number of amides is 1. The van der Waals surface area contributed by atoms with E-state index in [1.165, 1.54) is 0 Å².